The number of rotatable bonds is 18. The Morgan fingerprint density at radius 1 is 0.565 bits per heavy atom. The van der Waals surface area contributed by atoms with Gasteiger partial charge in [0, 0.05) is 0 Å². The summed E-state index contributed by atoms with van der Waals surface area (Å²) in [5.41, 5.74) is 0. The number of hydrogen-bond acceptors (Lipinski definition) is 3. The molecular weight excluding hydrogens is 318 g/mol. The molecule has 0 aliphatic heterocycles. The molecule has 0 saturated carbocycles. The zero-order valence-electron chi connectivity index (χ0n) is 14.8. The first kappa shape index (κ1) is 26.5. The second-order valence-electron chi connectivity index (χ2n) is 6.39. The fraction of sp³-hybridized carbons (Fsp3) is 1.00. The molecule has 0 aromatic carbocycles. The minimum atomic E-state index is -2.14. The summed E-state index contributed by atoms with van der Waals surface area (Å²) in [5.74, 6) is 0. The van der Waals surface area contributed by atoms with Crippen LogP contribution in [-0.2, 0) is 4.52 Å². The van der Waals surface area contributed by atoms with Crippen LogP contribution >= 0.6 is 8.60 Å². The predicted octanol–water partition coefficient (Wildman–Crippen LogP) is 5.83. The summed E-state index contributed by atoms with van der Waals surface area (Å²) in [6, 6.07) is 0. The van der Waals surface area contributed by atoms with E-state index >= 15 is 0 Å². The topological polar surface area (TPSA) is 49.7 Å². The minimum absolute atomic E-state index is 0. The Hall–Kier alpha value is 1.31. The molecule has 0 heterocycles. The van der Waals surface area contributed by atoms with Crippen LogP contribution < -0.4 is 0 Å². The van der Waals surface area contributed by atoms with Crippen molar-refractivity contribution in [1.29, 1.82) is 0 Å². The van der Waals surface area contributed by atoms with E-state index in [4.69, 9.17) is 14.3 Å². The standard InChI is InChI=1S/C18H39O3P.Na.H/c1-2-3-4-5-6-7-8-9-10-11-12-13-14-15-16-17-18-21-22(19)20;;/h19-20H,2-18H2,1H3;;. The molecule has 0 spiro atoms. The molecule has 2 N–H and O–H groups in total. The molecule has 0 atom stereocenters. The van der Waals surface area contributed by atoms with Gasteiger partial charge in [0.25, 0.3) is 0 Å². The summed E-state index contributed by atoms with van der Waals surface area (Å²) >= 11 is 0. The van der Waals surface area contributed by atoms with Crippen LogP contribution in [0.15, 0.2) is 0 Å². The van der Waals surface area contributed by atoms with E-state index in [1.54, 1.807) is 0 Å². The molecule has 0 aromatic rings. The van der Waals surface area contributed by atoms with Gasteiger partial charge in [-0.15, -0.1) is 0 Å². The Labute approximate surface area is 168 Å². The molecule has 0 bridgehead atoms. The van der Waals surface area contributed by atoms with E-state index < -0.39 is 8.60 Å². The average molecular weight is 358 g/mol. The van der Waals surface area contributed by atoms with Crippen LogP contribution in [-0.4, -0.2) is 46.0 Å². The molecule has 3 nitrogen and oxygen atoms in total. The van der Waals surface area contributed by atoms with E-state index in [0.717, 1.165) is 12.8 Å². The van der Waals surface area contributed by atoms with Gasteiger partial charge in [-0.05, 0) is 6.42 Å². The molecule has 0 amide bonds. The van der Waals surface area contributed by atoms with Gasteiger partial charge >= 0.3 is 38.2 Å². The maximum atomic E-state index is 8.58. The first-order valence-corrected chi connectivity index (χ1v) is 10.7. The molecule has 0 radical (unpaired) electrons. The molecule has 0 rings (SSSR count). The van der Waals surface area contributed by atoms with Crippen LogP contribution in [0, 0.1) is 0 Å². The van der Waals surface area contributed by atoms with Crippen LogP contribution in [0.4, 0.5) is 0 Å². The Bertz CT molecular complexity index is 207. The van der Waals surface area contributed by atoms with Crippen LogP contribution in [0.25, 0.3) is 0 Å². The molecule has 5 heteroatoms. The fourth-order valence-electron chi connectivity index (χ4n) is 2.80. The van der Waals surface area contributed by atoms with Crippen molar-refractivity contribution < 1.29 is 14.3 Å². The van der Waals surface area contributed by atoms with Gasteiger partial charge in [0.15, 0.2) is 0 Å². The van der Waals surface area contributed by atoms with Crippen LogP contribution in [0.5, 0.6) is 0 Å². The maximum absolute atomic E-state index is 8.58. The molecule has 0 aliphatic carbocycles. The van der Waals surface area contributed by atoms with E-state index in [9.17, 15) is 0 Å². The predicted molar refractivity (Wildman–Crippen MR) is 104 cm³/mol. The Morgan fingerprint density at radius 3 is 1.17 bits per heavy atom. The quantitative estimate of drug-likeness (QED) is 0.184. The first-order valence-electron chi connectivity index (χ1n) is 9.58. The molecule has 136 valence electrons. The summed E-state index contributed by atoms with van der Waals surface area (Å²) in [4.78, 5) is 17.2. The van der Waals surface area contributed by atoms with Crippen molar-refractivity contribution >= 4 is 38.2 Å². The van der Waals surface area contributed by atoms with Crippen molar-refractivity contribution in [1.82, 2.24) is 0 Å². The van der Waals surface area contributed by atoms with Crippen molar-refractivity contribution in [3.05, 3.63) is 0 Å². The summed E-state index contributed by atoms with van der Waals surface area (Å²) in [6.07, 6.45) is 21.6. The third-order valence-electron chi connectivity index (χ3n) is 4.20. The van der Waals surface area contributed by atoms with Crippen molar-refractivity contribution in [2.45, 2.75) is 110 Å². The van der Waals surface area contributed by atoms with Crippen LogP contribution in [0.3, 0.4) is 0 Å². The van der Waals surface area contributed by atoms with Gasteiger partial charge in [0.1, 0.15) is 0 Å². The summed E-state index contributed by atoms with van der Waals surface area (Å²) in [6.45, 7) is 2.76. The third kappa shape index (κ3) is 25.7. The van der Waals surface area contributed by atoms with Crippen LogP contribution in [0.2, 0.25) is 0 Å². The summed E-state index contributed by atoms with van der Waals surface area (Å²) in [5, 5.41) is 0. The second kappa shape index (κ2) is 23.3. The number of unbranched alkanes of at least 4 members (excludes halogenated alkanes) is 15. The Balaban J connectivity index is 0. The molecule has 23 heavy (non-hydrogen) atoms. The van der Waals surface area contributed by atoms with Crippen molar-refractivity contribution in [2.24, 2.45) is 0 Å². The average Bonchev–Trinajstić information content (AvgIpc) is 2.50. The normalized spacial score (nSPS) is 11.0. The zero-order valence-corrected chi connectivity index (χ0v) is 15.7. The van der Waals surface area contributed by atoms with Gasteiger partial charge in [-0.1, -0.05) is 103 Å². The molecule has 0 unspecified atom stereocenters. The zero-order chi connectivity index (χ0) is 16.3. The van der Waals surface area contributed by atoms with Crippen molar-refractivity contribution in [3.8, 4) is 0 Å². The summed E-state index contributed by atoms with van der Waals surface area (Å²) < 4.78 is 4.74. The van der Waals surface area contributed by atoms with Crippen molar-refractivity contribution in [2.75, 3.05) is 6.61 Å². The van der Waals surface area contributed by atoms with Gasteiger partial charge < -0.3 is 14.3 Å². The number of hydrogen-bond donors (Lipinski definition) is 2. The van der Waals surface area contributed by atoms with E-state index in [1.807, 2.05) is 0 Å². The molecule has 0 aromatic heterocycles. The second-order valence-corrected chi connectivity index (χ2v) is 7.15. The van der Waals surface area contributed by atoms with Gasteiger partial charge in [-0.3, -0.25) is 0 Å². The Morgan fingerprint density at radius 2 is 0.870 bits per heavy atom. The van der Waals surface area contributed by atoms with Gasteiger partial charge in [-0.2, -0.15) is 0 Å². The molecule has 0 fully saturated rings. The van der Waals surface area contributed by atoms with E-state index in [2.05, 4.69) is 6.92 Å². The monoisotopic (exact) mass is 358 g/mol. The van der Waals surface area contributed by atoms with E-state index in [1.165, 1.54) is 89.9 Å². The third-order valence-corrected chi connectivity index (χ3v) is 4.62. The van der Waals surface area contributed by atoms with Gasteiger partial charge in [0.2, 0.25) is 0 Å². The fourth-order valence-corrected chi connectivity index (χ4v) is 3.09. The Kier molecular flexibility index (Phi) is 26.9. The van der Waals surface area contributed by atoms with Gasteiger partial charge in [-0.25, -0.2) is 0 Å². The SMILES string of the molecule is CCCCCCCCCCCCCCCCCCOP(O)O.[NaH]. The van der Waals surface area contributed by atoms with E-state index in [-0.39, 0.29) is 29.6 Å². The summed E-state index contributed by atoms with van der Waals surface area (Å²) in [7, 11) is -2.14. The molecule has 0 aliphatic rings. The molecular formula is C18H40NaO3P. The van der Waals surface area contributed by atoms with Crippen LogP contribution in [0.1, 0.15) is 110 Å². The molecule has 0 saturated heterocycles. The first-order chi connectivity index (χ1) is 10.8. The van der Waals surface area contributed by atoms with Gasteiger partial charge in [0.05, 0.1) is 6.61 Å². The van der Waals surface area contributed by atoms with Crippen molar-refractivity contribution in [3.63, 3.8) is 0 Å². The van der Waals surface area contributed by atoms with E-state index in [0.29, 0.717) is 6.61 Å².